The summed E-state index contributed by atoms with van der Waals surface area (Å²) in [5.41, 5.74) is 0. The monoisotopic (exact) mass is 374 g/mol. The average molecular weight is 374 g/mol. The first-order chi connectivity index (χ1) is 12.2. The molecule has 150 valence electrons. The Hall–Kier alpha value is -1.74. The van der Waals surface area contributed by atoms with Gasteiger partial charge in [0.1, 0.15) is 6.10 Å². The van der Waals surface area contributed by atoms with Gasteiger partial charge in [0, 0.05) is 12.2 Å². The van der Waals surface area contributed by atoms with E-state index in [-0.39, 0.29) is 37.8 Å². The van der Waals surface area contributed by atoms with Gasteiger partial charge < -0.3 is 29.5 Å². The molecule has 0 aromatic heterocycles. The van der Waals surface area contributed by atoms with Gasteiger partial charge in [0.05, 0.1) is 39.1 Å². The molecule has 0 heterocycles. The van der Waals surface area contributed by atoms with Crippen molar-refractivity contribution in [2.24, 2.45) is 11.8 Å². The molecule has 0 aliphatic carbocycles. The predicted octanol–water partition coefficient (Wildman–Crippen LogP) is 1.34. The van der Waals surface area contributed by atoms with E-state index in [0.29, 0.717) is 13.2 Å². The fraction of sp³-hybridized carbons (Fsp3) is 0.667. The van der Waals surface area contributed by atoms with Crippen molar-refractivity contribution in [3.05, 3.63) is 24.3 Å². The van der Waals surface area contributed by atoms with Crippen LogP contribution >= 0.6 is 0 Å². The summed E-state index contributed by atoms with van der Waals surface area (Å²) >= 11 is 0. The van der Waals surface area contributed by atoms with E-state index in [0.717, 1.165) is 12.2 Å². The Morgan fingerprint density at radius 3 is 1.73 bits per heavy atom. The van der Waals surface area contributed by atoms with Gasteiger partial charge >= 0.3 is 11.9 Å². The molecule has 0 aliphatic rings. The number of aliphatic hydroxyl groups is 1. The van der Waals surface area contributed by atoms with E-state index in [1.807, 2.05) is 13.8 Å². The lowest BCUT2D eigenvalue weighted by Gasteiger charge is -2.20. The molecule has 0 aliphatic heterocycles. The molecular formula is C18H30O8. The third kappa shape index (κ3) is 15.8. The molecule has 0 spiro atoms. The van der Waals surface area contributed by atoms with Gasteiger partial charge in [0.25, 0.3) is 0 Å². The number of hydrogen-bond donors (Lipinski definition) is 3. The molecule has 0 aromatic rings. The van der Waals surface area contributed by atoms with Crippen LogP contribution in [0.15, 0.2) is 24.3 Å². The summed E-state index contributed by atoms with van der Waals surface area (Å²) in [5, 5.41) is 26.5. The van der Waals surface area contributed by atoms with Gasteiger partial charge in [0.15, 0.2) is 0 Å². The standard InChI is InChI=1S/C18H30O8/c1-13(4-6-17(20)21)8-24-11-16(12-25-10-15(3)19)26-9-14(2)5-7-18(22)23/h4-7,13-16,19H,8-12H2,1-3H3,(H,20,21)(H,22,23)/b6-4+,7-5+/t13-,14+,15-,16-/m0/s1. The van der Waals surface area contributed by atoms with Crippen molar-refractivity contribution in [2.45, 2.75) is 33.0 Å². The fourth-order valence-electron chi connectivity index (χ4n) is 1.79. The number of aliphatic hydroxyl groups excluding tert-OH is 1. The van der Waals surface area contributed by atoms with Crippen LogP contribution in [0.2, 0.25) is 0 Å². The molecule has 0 amide bonds. The maximum absolute atomic E-state index is 10.5. The van der Waals surface area contributed by atoms with Crippen molar-refractivity contribution in [3.63, 3.8) is 0 Å². The molecule has 0 fully saturated rings. The Bertz CT molecular complexity index is 458. The molecule has 0 rings (SSSR count). The van der Waals surface area contributed by atoms with E-state index in [4.69, 9.17) is 24.4 Å². The number of ether oxygens (including phenoxy) is 3. The van der Waals surface area contributed by atoms with Crippen LogP contribution in [0, 0.1) is 11.8 Å². The van der Waals surface area contributed by atoms with Crippen molar-refractivity contribution in [1.82, 2.24) is 0 Å². The summed E-state index contributed by atoms with van der Waals surface area (Å²) in [7, 11) is 0. The van der Waals surface area contributed by atoms with Crippen LogP contribution in [0.3, 0.4) is 0 Å². The summed E-state index contributed by atoms with van der Waals surface area (Å²) in [6.07, 6.45) is 4.25. The highest BCUT2D eigenvalue weighted by Gasteiger charge is 2.13. The van der Waals surface area contributed by atoms with Crippen LogP contribution < -0.4 is 0 Å². The number of aliphatic carboxylic acids is 2. The molecule has 0 bridgehead atoms. The average Bonchev–Trinajstić information content (AvgIpc) is 2.55. The lowest BCUT2D eigenvalue weighted by atomic mass is 10.2. The van der Waals surface area contributed by atoms with Crippen LogP contribution in [0.5, 0.6) is 0 Å². The quantitative estimate of drug-likeness (QED) is 0.367. The smallest absolute Gasteiger partial charge is 0.327 e. The first-order valence-electron chi connectivity index (χ1n) is 8.48. The molecule has 26 heavy (non-hydrogen) atoms. The molecule has 0 unspecified atom stereocenters. The lowest BCUT2D eigenvalue weighted by molar-refractivity contribution is -0.132. The predicted molar refractivity (Wildman–Crippen MR) is 94.9 cm³/mol. The Morgan fingerprint density at radius 2 is 1.27 bits per heavy atom. The molecule has 3 N–H and O–H groups in total. The normalized spacial score (nSPS) is 16.6. The van der Waals surface area contributed by atoms with Gasteiger partial charge in [-0.2, -0.15) is 0 Å². The van der Waals surface area contributed by atoms with Crippen LogP contribution in [0.1, 0.15) is 20.8 Å². The minimum atomic E-state index is -1.01. The zero-order valence-corrected chi connectivity index (χ0v) is 15.5. The summed E-state index contributed by atoms with van der Waals surface area (Å²) in [6, 6.07) is 0. The van der Waals surface area contributed by atoms with Crippen molar-refractivity contribution >= 4 is 11.9 Å². The van der Waals surface area contributed by atoms with Crippen molar-refractivity contribution in [2.75, 3.05) is 33.0 Å². The van der Waals surface area contributed by atoms with Gasteiger partial charge in [0.2, 0.25) is 0 Å². The van der Waals surface area contributed by atoms with Gasteiger partial charge in [-0.25, -0.2) is 9.59 Å². The summed E-state index contributed by atoms with van der Waals surface area (Å²) in [6.45, 7) is 6.53. The summed E-state index contributed by atoms with van der Waals surface area (Å²) in [4.78, 5) is 21.0. The first kappa shape index (κ1) is 24.3. The molecule has 0 aromatic carbocycles. The molecule has 8 nitrogen and oxygen atoms in total. The Kier molecular flexibility index (Phi) is 13.5. The largest absolute Gasteiger partial charge is 0.478 e. The minimum absolute atomic E-state index is 0.0671. The highest BCUT2D eigenvalue weighted by atomic mass is 16.6. The van der Waals surface area contributed by atoms with E-state index in [2.05, 4.69) is 0 Å². The van der Waals surface area contributed by atoms with E-state index in [1.54, 1.807) is 13.0 Å². The third-order valence-electron chi connectivity index (χ3n) is 3.08. The second kappa shape index (κ2) is 14.4. The molecule has 4 atom stereocenters. The number of carboxylic acids is 2. The number of rotatable bonds is 15. The zero-order valence-electron chi connectivity index (χ0n) is 15.5. The second-order valence-electron chi connectivity index (χ2n) is 6.23. The Morgan fingerprint density at radius 1 is 0.808 bits per heavy atom. The fourth-order valence-corrected chi connectivity index (χ4v) is 1.79. The molecule has 0 radical (unpaired) electrons. The van der Waals surface area contributed by atoms with E-state index in [1.165, 1.54) is 6.08 Å². The SMILES string of the molecule is C[C@H](O)COC[C@H](COC[C@@H](C)/C=C/C(=O)O)OC[C@H](C)/C=C/C(=O)O. The first-order valence-corrected chi connectivity index (χ1v) is 8.48. The van der Waals surface area contributed by atoms with Crippen molar-refractivity contribution in [3.8, 4) is 0 Å². The van der Waals surface area contributed by atoms with Gasteiger partial charge in [-0.3, -0.25) is 0 Å². The number of hydrogen-bond acceptors (Lipinski definition) is 6. The Balaban J connectivity index is 4.36. The van der Waals surface area contributed by atoms with Crippen molar-refractivity contribution in [1.29, 1.82) is 0 Å². The van der Waals surface area contributed by atoms with E-state index in [9.17, 15) is 14.7 Å². The third-order valence-corrected chi connectivity index (χ3v) is 3.08. The molecule has 0 saturated carbocycles. The zero-order chi connectivity index (χ0) is 19.9. The van der Waals surface area contributed by atoms with Crippen LogP contribution in [0.25, 0.3) is 0 Å². The van der Waals surface area contributed by atoms with Gasteiger partial charge in [-0.15, -0.1) is 0 Å². The topological polar surface area (TPSA) is 123 Å². The number of carbonyl (C=O) groups is 2. The van der Waals surface area contributed by atoms with Crippen LogP contribution in [-0.4, -0.2) is 72.5 Å². The lowest BCUT2D eigenvalue weighted by Crippen LogP contribution is -2.29. The summed E-state index contributed by atoms with van der Waals surface area (Å²) in [5.74, 6) is -2.18. The molecule has 0 saturated heterocycles. The van der Waals surface area contributed by atoms with E-state index >= 15 is 0 Å². The highest BCUT2D eigenvalue weighted by molar-refractivity contribution is 5.80. The minimum Gasteiger partial charge on any atom is -0.478 e. The van der Waals surface area contributed by atoms with Crippen LogP contribution in [0.4, 0.5) is 0 Å². The van der Waals surface area contributed by atoms with E-state index < -0.39 is 18.0 Å². The molecular weight excluding hydrogens is 344 g/mol. The number of carboxylic acid groups (broad SMARTS) is 2. The van der Waals surface area contributed by atoms with Crippen molar-refractivity contribution < 1.29 is 39.1 Å². The van der Waals surface area contributed by atoms with Gasteiger partial charge in [-0.05, 0) is 18.8 Å². The maximum atomic E-state index is 10.5. The summed E-state index contributed by atoms with van der Waals surface area (Å²) < 4.78 is 16.6. The highest BCUT2D eigenvalue weighted by Crippen LogP contribution is 2.05. The Labute approximate surface area is 154 Å². The second-order valence-corrected chi connectivity index (χ2v) is 6.23. The molecule has 8 heteroatoms. The van der Waals surface area contributed by atoms with Crippen LogP contribution in [-0.2, 0) is 23.8 Å². The maximum Gasteiger partial charge on any atom is 0.327 e. The van der Waals surface area contributed by atoms with Gasteiger partial charge in [-0.1, -0.05) is 26.0 Å².